The average Bonchev–Trinajstić information content (AvgIpc) is 3.31. The number of rotatable bonds is 4. The van der Waals surface area contributed by atoms with Crippen molar-refractivity contribution in [3.63, 3.8) is 0 Å². The fourth-order valence-corrected chi connectivity index (χ4v) is 3.84. The minimum absolute atomic E-state index is 0.0970. The Balaban J connectivity index is 1.58. The lowest BCUT2D eigenvalue weighted by molar-refractivity contribution is -0.121. The van der Waals surface area contributed by atoms with Crippen LogP contribution in [0, 0.1) is 6.92 Å². The summed E-state index contributed by atoms with van der Waals surface area (Å²) in [6, 6.07) is 19.3. The Hall–Kier alpha value is -3.25. The van der Waals surface area contributed by atoms with Gasteiger partial charge in [0.2, 0.25) is 0 Å². The summed E-state index contributed by atoms with van der Waals surface area (Å²) in [5.74, 6) is 2.00. The van der Waals surface area contributed by atoms with Crippen LogP contribution in [0.2, 0.25) is 0 Å². The van der Waals surface area contributed by atoms with Crippen molar-refractivity contribution in [1.82, 2.24) is 4.90 Å². The number of ether oxygens (including phenoxy) is 1. The highest BCUT2D eigenvalue weighted by Crippen LogP contribution is 2.34. The molecule has 0 saturated carbocycles. The molecule has 0 N–H and O–H groups in total. The van der Waals surface area contributed by atoms with Crippen molar-refractivity contribution in [2.75, 3.05) is 14.2 Å². The molecule has 0 aliphatic carbocycles. The molecular formula is C23H20N2O3S. The van der Waals surface area contributed by atoms with Gasteiger partial charge in [-0.05, 0) is 55.1 Å². The van der Waals surface area contributed by atoms with Gasteiger partial charge in [0.25, 0.3) is 5.91 Å². The third kappa shape index (κ3) is 4.12. The number of benzene rings is 2. The maximum absolute atomic E-state index is 12.6. The van der Waals surface area contributed by atoms with E-state index in [-0.39, 0.29) is 5.91 Å². The van der Waals surface area contributed by atoms with Crippen LogP contribution < -0.4 is 4.74 Å². The number of likely N-dealkylation sites (N-methyl/N-ethyl adjacent to an activating group) is 1. The molecule has 1 aliphatic rings. The van der Waals surface area contributed by atoms with Crippen LogP contribution in [0.15, 0.2) is 75.0 Å². The Labute approximate surface area is 173 Å². The van der Waals surface area contributed by atoms with Gasteiger partial charge in [0.1, 0.15) is 17.3 Å². The summed E-state index contributed by atoms with van der Waals surface area (Å²) < 4.78 is 11.2. The van der Waals surface area contributed by atoms with Crippen molar-refractivity contribution < 1.29 is 13.9 Å². The first-order valence-electron chi connectivity index (χ1n) is 9.11. The number of hydrogen-bond donors (Lipinski definition) is 0. The topological polar surface area (TPSA) is 55.0 Å². The van der Waals surface area contributed by atoms with Gasteiger partial charge in [-0.15, -0.1) is 0 Å². The maximum atomic E-state index is 12.6. The maximum Gasteiger partial charge on any atom is 0.266 e. The molecule has 1 amide bonds. The largest absolute Gasteiger partial charge is 0.497 e. The molecule has 1 aliphatic heterocycles. The number of furan rings is 1. The predicted octanol–water partition coefficient (Wildman–Crippen LogP) is 5.50. The van der Waals surface area contributed by atoms with Crippen LogP contribution in [0.5, 0.6) is 5.75 Å². The van der Waals surface area contributed by atoms with Gasteiger partial charge in [0, 0.05) is 18.7 Å². The molecule has 0 bridgehead atoms. The second kappa shape index (κ2) is 8.01. The van der Waals surface area contributed by atoms with Gasteiger partial charge in [-0.25, -0.2) is 4.99 Å². The number of nitrogens with zero attached hydrogens (tertiary/aromatic N) is 2. The Kier molecular flexibility index (Phi) is 5.27. The zero-order chi connectivity index (χ0) is 20.4. The second-order valence-corrected chi connectivity index (χ2v) is 7.65. The summed E-state index contributed by atoms with van der Waals surface area (Å²) in [6.07, 6.45) is 1.75. The third-order valence-corrected chi connectivity index (χ3v) is 5.58. The minimum Gasteiger partial charge on any atom is -0.497 e. The molecule has 1 fully saturated rings. The number of amides is 1. The number of amidine groups is 1. The molecule has 5 nitrogen and oxygen atoms in total. The summed E-state index contributed by atoms with van der Waals surface area (Å²) in [7, 11) is 3.36. The summed E-state index contributed by atoms with van der Waals surface area (Å²) >= 11 is 1.34. The SMILES string of the molecule is COc1cccc(-c2ccc(/C=C3\S/C(=N/c4ccc(C)cc4)N(C)C3=O)o2)c1. The molecule has 2 heterocycles. The smallest absolute Gasteiger partial charge is 0.266 e. The van der Waals surface area contributed by atoms with Gasteiger partial charge < -0.3 is 9.15 Å². The van der Waals surface area contributed by atoms with E-state index in [0.29, 0.717) is 21.6 Å². The first kappa shape index (κ1) is 19.1. The zero-order valence-electron chi connectivity index (χ0n) is 16.4. The van der Waals surface area contributed by atoms with Gasteiger partial charge in [-0.1, -0.05) is 29.8 Å². The molecule has 0 atom stereocenters. The van der Waals surface area contributed by atoms with Crippen LogP contribution in [0.4, 0.5) is 5.69 Å². The van der Waals surface area contributed by atoms with Gasteiger partial charge >= 0.3 is 0 Å². The van der Waals surface area contributed by atoms with E-state index in [1.807, 2.05) is 67.6 Å². The lowest BCUT2D eigenvalue weighted by Crippen LogP contribution is -2.23. The standard InChI is InChI=1S/C23H20N2O3S/c1-15-7-9-17(10-8-15)24-23-25(2)22(26)21(29-23)14-19-11-12-20(28-19)16-5-4-6-18(13-16)27-3/h4-14H,1-3H3/b21-14-,24-23+. The lowest BCUT2D eigenvalue weighted by atomic mass is 10.2. The van der Waals surface area contributed by atoms with E-state index in [1.54, 1.807) is 25.1 Å². The van der Waals surface area contributed by atoms with Crippen LogP contribution in [-0.2, 0) is 4.79 Å². The van der Waals surface area contributed by atoms with Crippen molar-refractivity contribution in [3.8, 4) is 17.1 Å². The van der Waals surface area contributed by atoms with Crippen LogP contribution in [-0.4, -0.2) is 30.1 Å². The van der Waals surface area contributed by atoms with Crippen LogP contribution >= 0.6 is 11.8 Å². The fourth-order valence-electron chi connectivity index (χ4n) is 2.87. The monoisotopic (exact) mass is 404 g/mol. The number of aryl methyl sites for hydroxylation is 1. The number of carbonyl (C=O) groups is 1. The normalized spacial score (nSPS) is 16.8. The van der Waals surface area contributed by atoms with Crippen LogP contribution in [0.3, 0.4) is 0 Å². The van der Waals surface area contributed by atoms with Gasteiger partial charge in [0.15, 0.2) is 5.17 Å². The quantitative estimate of drug-likeness (QED) is 0.539. The Bertz CT molecular complexity index is 1110. The van der Waals surface area contributed by atoms with E-state index in [2.05, 4.69) is 4.99 Å². The number of aliphatic imine (C=N–C) groups is 1. The molecule has 0 radical (unpaired) electrons. The first-order valence-corrected chi connectivity index (χ1v) is 9.92. The van der Waals surface area contributed by atoms with E-state index in [4.69, 9.17) is 9.15 Å². The van der Waals surface area contributed by atoms with E-state index >= 15 is 0 Å². The summed E-state index contributed by atoms with van der Waals surface area (Å²) in [4.78, 5) is 19.3. The van der Waals surface area contributed by atoms with E-state index in [0.717, 1.165) is 17.0 Å². The van der Waals surface area contributed by atoms with Crippen LogP contribution in [0.25, 0.3) is 17.4 Å². The number of carbonyl (C=O) groups excluding carboxylic acids is 1. The molecule has 0 unspecified atom stereocenters. The molecule has 146 valence electrons. The van der Waals surface area contributed by atoms with E-state index in [1.165, 1.54) is 17.3 Å². The van der Waals surface area contributed by atoms with Gasteiger partial charge in [0.05, 0.1) is 17.7 Å². The minimum atomic E-state index is -0.0970. The Morgan fingerprint density at radius 2 is 1.90 bits per heavy atom. The average molecular weight is 404 g/mol. The second-order valence-electron chi connectivity index (χ2n) is 6.64. The predicted molar refractivity (Wildman–Crippen MR) is 117 cm³/mol. The Morgan fingerprint density at radius 3 is 2.66 bits per heavy atom. The first-order chi connectivity index (χ1) is 14.0. The highest BCUT2D eigenvalue weighted by Gasteiger charge is 2.30. The highest BCUT2D eigenvalue weighted by atomic mass is 32.2. The molecule has 29 heavy (non-hydrogen) atoms. The molecule has 1 saturated heterocycles. The van der Waals surface area contributed by atoms with Crippen molar-refractivity contribution in [1.29, 1.82) is 0 Å². The van der Waals surface area contributed by atoms with Gasteiger partial charge in [-0.3, -0.25) is 9.69 Å². The molecule has 1 aromatic heterocycles. The molecule has 0 spiro atoms. The molecular weight excluding hydrogens is 384 g/mol. The van der Waals surface area contributed by atoms with E-state index < -0.39 is 0 Å². The van der Waals surface area contributed by atoms with Crippen molar-refractivity contribution in [3.05, 3.63) is 76.9 Å². The molecule has 2 aromatic carbocycles. The summed E-state index contributed by atoms with van der Waals surface area (Å²) in [6.45, 7) is 2.03. The molecule has 4 rings (SSSR count). The summed E-state index contributed by atoms with van der Waals surface area (Å²) in [5.41, 5.74) is 2.90. The lowest BCUT2D eigenvalue weighted by Gasteiger charge is -2.07. The number of thioether (sulfide) groups is 1. The van der Waals surface area contributed by atoms with Crippen molar-refractivity contribution in [2.45, 2.75) is 6.92 Å². The number of hydrogen-bond acceptors (Lipinski definition) is 5. The van der Waals surface area contributed by atoms with Crippen molar-refractivity contribution in [2.24, 2.45) is 4.99 Å². The van der Waals surface area contributed by atoms with Crippen molar-refractivity contribution >= 4 is 34.6 Å². The molecule has 6 heteroatoms. The molecule has 3 aromatic rings. The van der Waals surface area contributed by atoms with Gasteiger partial charge in [-0.2, -0.15) is 0 Å². The Morgan fingerprint density at radius 1 is 1.10 bits per heavy atom. The zero-order valence-corrected chi connectivity index (χ0v) is 17.2. The fraction of sp³-hybridized carbons (Fsp3) is 0.130. The highest BCUT2D eigenvalue weighted by molar-refractivity contribution is 8.18. The third-order valence-electron chi connectivity index (χ3n) is 4.52. The summed E-state index contributed by atoms with van der Waals surface area (Å²) in [5, 5.41) is 0.643. The van der Waals surface area contributed by atoms with E-state index in [9.17, 15) is 4.79 Å². The number of methoxy groups -OCH3 is 1. The van der Waals surface area contributed by atoms with Crippen LogP contribution in [0.1, 0.15) is 11.3 Å².